The Morgan fingerprint density at radius 1 is 0.871 bits per heavy atom. The highest BCUT2D eigenvalue weighted by Crippen LogP contribution is 2.43. The van der Waals surface area contributed by atoms with Crippen molar-refractivity contribution in [3.05, 3.63) is 82.7 Å². The standard InChI is InChI=1S/C27H31FO2S/c1-17(2)23-15-24(18(3)4)25(16-31-20-11-9-19(28)10-12-20)27(21(23)13-14-29)22-7-5-6-8-26(22)30/h5-12,15,17-18,29-30H,13-14,16H2,1-4H3. The van der Waals surface area contributed by atoms with E-state index in [1.807, 2.05) is 18.2 Å². The number of thioether (sulfide) groups is 1. The molecule has 3 aromatic rings. The number of rotatable bonds is 8. The number of halogens is 1. The van der Waals surface area contributed by atoms with Gasteiger partial charge in [0.15, 0.2) is 0 Å². The van der Waals surface area contributed by atoms with Crippen LogP contribution in [0.5, 0.6) is 5.75 Å². The molecule has 2 N–H and O–H groups in total. The van der Waals surface area contributed by atoms with Crippen LogP contribution in [-0.2, 0) is 12.2 Å². The summed E-state index contributed by atoms with van der Waals surface area (Å²) in [5.41, 5.74) is 6.54. The van der Waals surface area contributed by atoms with Crippen LogP contribution in [0.4, 0.5) is 4.39 Å². The van der Waals surface area contributed by atoms with E-state index in [1.54, 1.807) is 30.0 Å². The van der Waals surface area contributed by atoms with Gasteiger partial charge in [0, 0.05) is 22.8 Å². The normalized spacial score (nSPS) is 11.5. The zero-order valence-corrected chi connectivity index (χ0v) is 19.5. The van der Waals surface area contributed by atoms with Gasteiger partial charge in [-0.25, -0.2) is 4.39 Å². The average Bonchev–Trinajstić information content (AvgIpc) is 2.73. The van der Waals surface area contributed by atoms with E-state index in [9.17, 15) is 14.6 Å². The van der Waals surface area contributed by atoms with Gasteiger partial charge in [-0.2, -0.15) is 0 Å². The molecular weight excluding hydrogens is 407 g/mol. The molecule has 0 atom stereocenters. The molecule has 3 aromatic carbocycles. The summed E-state index contributed by atoms with van der Waals surface area (Å²) < 4.78 is 13.3. The van der Waals surface area contributed by atoms with Crippen LogP contribution in [0, 0.1) is 5.82 Å². The van der Waals surface area contributed by atoms with Crippen LogP contribution >= 0.6 is 11.8 Å². The van der Waals surface area contributed by atoms with Crippen LogP contribution in [0.2, 0.25) is 0 Å². The van der Waals surface area contributed by atoms with Crippen molar-refractivity contribution >= 4 is 11.8 Å². The monoisotopic (exact) mass is 438 g/mol. The fraction of sp³-hybridized carbons (Fsp3) is 0.333. The molecule has 0 heterocycles. The van der Waals surface area contributed by atoms with E-state index in [4.69, 9.17) is 0 Å². The Balaban J connectivity index is 2.25. The maximum absolute atomic E-state index is 13.3. The minimum atomic E-state index is -0.242. The molecule has 0 spiro atoms. The van der Waals surface area contributed by atoms with Crippen molar-refractivity contribution in [2.75, 3.05) is 6.61 Å². The van der Waals surface area contributed by atoms with Gasteiger partial charge in [0.1, 0.15) is 11.6 Å². The summed E-state index contributed by atoms with van der Waals surface area (Å²) in [5, 5.41) is 20.6. The van der Waals surface area contributed by atoms with Gasteiger partial charge in [0.25, 0.3) is 0 Å². The molecule has 2 nitrogen and oxygen atoms in total. The minimum Gasteiger partial charge on any atom is -0.507 e. The maximum Gasteiger partial charge on any atom is 0.123 e. The van der Waals surface area contributed by atoms with Gasteiger partial charge < -0.3 is 10.2 Å². The molecule has 0 radical (unpaired) electrons. The van der Waals surface area contributed by atoms with Crippen LogP contribution in [0.25, 0.3) is 11.1 Å². The Hall–Kier alpha value is -2.30. The quantitative estimate of drug-likeness (QED) is 0.363. The Morgan fingerprint density at radius 2 is 1.48 bits per heavy atom. The van der Waals surface area contributed by atoms with Crippen molar-refractivity contribution in [3.8, 4) is 16.9 Å². The number of aromatic hydroxyl groups is 1. The van der Waals surface area contributed by atoms with Gasteiger partial charge >= 0.3 is 0 Å². The van der Waals surface area contributed by atoms with Gasteiger partial charge in [0.05, 0.1) is 0 Å². The van der Waals surface area contributed by atoms with Crippen LogP contribution < -0.4 is 0 Å². The summed E-state index contributed by atoms with van der Waals surface area (Å²) in [5.74, 6) is 1.29. The van der Waals surface area contributed by atoms with Crippen molar-refractivity contribution in [1.82, 2.24) is 0 Å². The lowest BCUT2D eigenvalue weighted by molar-refractivity contribution is 0.299. The third-order valence-electron chi connectivity index (χ3n) is 5.59. The van der Waals surface area contributed by atoms with Crippen molar-refractivity contribution in [2.45, 2.75) is 56.6 Å². The third kappa shape index (κ3) is 5.31. The minimum absolute atomic E-state index is 0.0475. The Kier molecular flexibility index (Phi) is 7.79. The van der Waals surface area contributed by atoms with Gasteiger partial charge in [-0.1, -0.05) is 52.0 Å². The highest BCUT2D eigenvalue weighted by Gasteiger charge is 2.23. The highest BCUT2D eigenvalue weighted by atomic mass is 32.2. The van der Waals surface area contributed by atoms with E-state index in [0.717, 1.165) is 21.6 Å². The first kappa shape index (κ1) is 23.4. The Bertz CT molecular complexity index is 1030. The van der Waals surface area contributed by atoms with Crippen LogP contribution in [0.15, 0.2) is 59.5 Å². The van der Waals surface area contributed by atoms with Gasteiger partial charge in [-0.05, 0) is 76.4 Å². The molecule has 164 valence electrons. The molecule has 0 saturated heterocycles. The van der Waals surface area contributed by atoms with E-state index in [-0.39, 0.29) is 18.2 Å². The number of hydrogen-bond donors (Lipinski definition) is 2. The summed E-state index contributed by atoms with van der Waals surface area (Å²) in [6.45, 7) is 8.76. The summed E-state index contributed by atoms with van der Waals surface area (Å²) in [6, 6.07) is 16.3. The lowest BCUT2D eigenvalue weighted by atomic mass is 9.80. The number of aliphatic hydroxyl groups is 1. The number of benzene rings is 3. The summed E-state index contributed by atoms with van der Waals surface area (Å²) >= 11 is 1.66. The largest absolute Gasteiger partial charge is 0.507 e. The second-order valence-electron chi connectivity index (χ2n) is 8.43. The number of phenolic OH excluding ortho intramolecular Hbond substituents is 1. The predicted molar refractivity (Wildman–Crippen MR) is 128 cm³/mol. The Labute approximate surface area is 189 Å². The predicted octanol–water partition coefficient (Wildman–Crippen LogP) is 7.27. The highest BCUT2D eigenvalue weighted by molar-refractivity contribution is 7.98. The van der Waals surface area contributed by atoms with Crippen molar-refractivity contribution < 1.29 is 14.6 Å². The lowest BCUT2D eigenvalue weighted by Crippen LogP contribution is -2.09. The molecule has 0 aliphatic carbocycles. The number of aliphatic hydroxyl groups excluding tert-OH is 1. The molecule has 0 aliphatic rings. The Morgan fingerprint density at radius 3 is 2.06 bits per heavy atom. The van der Waals surface area contributed by atoms with E-state index in [1.165, 1.54) is 28.8 Å². The molecule has 0 amide bonds. The topological polar surface area (TPSA) is 40.5 Å². The molecule has 4 heteroatoms. The lowest BCUT2D eigenvalue weighted by Gasteiger charge is -2.26. The fourth-order valence-electron chi connectivity index (χ4n) is 4.08. The fourth-order valence-corrected chi connectivity index (χ4v) is 5.03. The second kappa shape index (κ2) is 10.3. The summed E-state index contributed by atoms with van der Waals surface area (Å²) in [7, 11) is 0. The first-order valence-electron chi connectivity index (χ1n) is 10.8. The summed E-state index contributed by atoms with van der Waals surface area (Å²) in [4.78, 5) is 0.996. The van der Waals surface area contributed by atoms with Crippen LogP contribution in [0.1, 0.15) is 61.8 Å². The van der Waals surface area contributed by atoms with Crippen molar-refractivity contribution in [1.29, 1.82) is 0 Å². The van der Waals surface area contributed by atoms with E-state index >= 15 is 0 Å². The maximum atomic E-state index is 13.3. The second-order valence-corrected chi connectivity index (χ2v) is 9.48. The van der Waals surface area contributed by atoms with Crippen LogP contribution in [-0.4, -0.2) is 16.8 Å². The molecule has 3 rings (SSSR count). The van der Waals surface area contributed by atoms with E-state index in [0.29, 0.717) is 24.0 Å². The van der Waals surface area contributed by atoms with E-state index < -0.39 is 0 Å². The molecular formula is C27H31FO2S. The zero-order chi connectivity index (χ0) is 22.5. The third-order valence-corrected chi connectivity index (χ3v) is 6.63. The van der Waals surface area contributed by atoms with E-state index in [2.05, 4.69) is 33.8 Å². The number of para-hydroxylation sites is 1. The molecule has 31 heavy (non-hydrogen) atoms. The molecule has 0 bridgehead atoms. The number of hydrogen-bond acceptors (Lipinski definition) is 3. The first-order chi connectivity index (χ1) is 14.8. The smallest absolute Gasteiger partial charge is 0.123 e. The molecule has 0 fully saturated rings. The number of phenols is 1. The molecule has 0 aliphatic heterocycles. The van der Waals surface area contributed by atoms with Gasteiger partial charge in [0.2, 0.25) is 0 Å². The van der Waals surface area contributed by atoms with Crippen LogP contribution in [0.3, 0.4) is 0 Å². The van der Waals surface area contributed by atoms with Gasteiger partial charge in [-0.15, -0.1) is 11.8 Å². The average molecular weight is 439 g/mol. The summed E-state index contributed by atoms with van der Waals surface area (Å²) in [6.07, 6.45) is 0.532. The first-order valence-corrected chi connectivity index (χ1v) is 11.8. The van der Waals surface area contributed by atoms with Gasteiger partial charge in [-0.3, -0.25) is 0 Å². The SMILES string of the molecule is CC(C)c1cc(C(C)C)c(CSc2ccc(F)cc2)c(-c2ccccc2O)c1CCO. The van der Waals surface area contributed by atoms with Crippen molar-refractivity contribution in [3.63, 3.8) is 0 Å². The van der Waals surface area contributed by atoms with Crippen molar-refractivity contribution in [2.24, 2.45) is 0 Å². The zero-order valence-electron chi connectivity index (χ0n) is 18.7. The molecule has 0 unspecified atom stereocenters. The molecule has 0 saturated carbocycles. The molecule has 0 aromatic heterocycles.